The highest BCUT2D eigenvalue weighted by Crippen LogP contribution is 2.16. The second-order valence-electron chi connectivity index (χ2n) is 6.10. The van der Waals surface area contributed by atoms with Crippen molar-refractivity contribution in [3.8, 4) is 0 Å². The number of carbonyl (C=O) groups is 1. The molecule has 0 aliphatic heterocycles. The molecule has 0 saturated heterocycles. The minimum atomic E-state index is -0.312. The van der Waals surface area contributed by atoms with Crippen molar-refractivity contribution < 1.29 is 13.6 Å². The van der Waals surface area contributed by atoms with E-state index in [2.05, 4.69) is 10.3 Å². The maximum Gasteiger partial charge on any atom is 0.244 e. The molecule has 134 valence electrons. The molecule has 0 unspecified atom stereocenters. The molecule has 0 spiro atoms. The van der Waals surface area contributed by atoms with E-state index in [9.17, 15) is 13.6 Å². The van der Waals surface area contributed by atoms with Crippen LogP contribution >= 0.6 is 0 Å². The van der Waals surface area contributed by atoms with Crippen molar-refractivity contribution in [3.63, 3.8) is 0 Å². The van der Waals surface area contributed by atoms with E-state index in [0.717, 1.165) is 28.0 Å². The van der Waals surface area contributed by atoms with Crippen molar-refractivity contribution >= 4 is 22.5 Å². The quantitative estimate of drug-likeness (QED) is 0.711. The van der Waals surface area contributed by atoms with E-state index in [1.54, 1.807) is 25.1 Å². The lowest BCUT2D eigenvalue weighted by Crippen LogP contribution is -2.24. The zero-order chi connectivity index (χ0) is 18.7. The molecule has 1 N–H and O–H groups in total. The molecule has 0 saturated carbocycles. The summed E-state index contributed by atoms with van der Waals surface area (Å²) in [4.78, 5) is 16.5. The molecule has 4 nitrogen and oxygen atoms in total. The normalized spacial score (nSPS) is 11.8. The fourth-order valence-corrected chi connectivity index (χ4v) is 2.78. The number of amides is 1. The Bertz CT molecular complexity index is 975. The zero-order valence-electron chi connectivity index (χ0n) is 14.6. The fraction of sp³-hybridized carbons (Fsp3) is 0.200. The summed E-state index contributed by atoms with van der Waals surface area (Å²) in [5.74, 6) is -0.0723. The Morgan fingerprint density at radius 3 is 2.58 bits per heavy atom. The smallest absolute Gasteiger partial charge is 0.244 e. The number of hydrogen-bond acceptors (Lipinski definition) is 2. The van der Waals surface area contributed by atoms with Crippen LogP contribution in [-0.2, 0) is 18.3 Å². The van der Waals surface area contributed by atoms with Gasteiger partial charge in [0.15, 0.2) is 0 Å². The van der Waals surface area contributed by atoms with Gasteiger partial charge in [0, 0.05) is 26.1 Å². The van der Waals surface area contributed by atoms with Gasteiger partial charge >= 0.3 is 0 Å². The van der Waals surface area contributed by atoms with E-state index < -0.39 is 0 Å². The standard InChI is InChI=1S/C20H19F2N3O/c1-13(14-3-5-15(21)6-4-14)11-20(26)23-10-9-19-24-17-8-7-16(22)12-18(17)25(19)2/h3-8,11-12H,9-10H2,1-2H3,(H,23,26). The van der Waals surface area contributed by atoms with Crippen molar-refractivity contribution in [1.29, 1.82) is 0 Å². The second kappa shape index (κ2) is 7.47. The molecule has 3 rings (SSSR count). The Kier molecular flexibility index (Phi) is 5.11. The van der Waals surface area contributed by atoms with Crippen molar-refractivity contribution in [2.75, 3.05) is 6.54 Å². The number of allylic oxidation sites excluding steroid dienone is 1. The molecule has 1 amide bonds. The molecule has 0 aliphatic rings. The predicted molar refractivity (Wildman–Crippen MR) is 97.4 cm³/mol. The first-order valence-corrected chi connectivity index (χ1v) is 8.27. The van der Waals surface area contributed by atoms with Gasteiger partial charge in [-0.05, 0) is 48.4 Å². The van der Waals surface area contributed by atoms with E-state index >= 15 is 0 Å². The molecule has 0 atom stereocenters. The highest BCUT2D eigenvalue weighted by molar-refractivity contribution is 5.94. The number of fused-ring (bicyclic) bond motifs is 1. The third-order valence-corrected chi connectivity index (χ3v) is 4.23. The third kappa shape index (κ3) is 3.96. The van der Waals surface area contributed by atoms with E-state index in [1.807, 2.05) is 11.6 Å². The highest BCUT2D eigenvalue weighted by Gasteiger charge is 2.09. The van der Waals surface area contributed by atoms with Crippen molar-refractivity contribution in [1.82, 2.24) is 14.9 Å². The minimum Gasteiger partial charge on any atom is -0.352 e. The number of imidazole rings is 1. The molecule has 3 aromatic rings. The van der Waals surface area contributed by atoms with Gasteiger partial charge in [0.1, 0.15) is 17.5 Å². The van der Waals surface area contributed by atoms with E-state index in [0.29, 0.717) is 13.0 Å². The number of aromatic nitrogens is 2. The zero-order valence-corrected chi connectivity index (χ0v) is 14.6. The fourth-order valence-electron chi connectivity index (χ4n) is 2.78. The summed E-state index contributed by atoms with van der Waals surface area (Å²) in [5.41, 5.74) is 2.99. The molecule has 2 aromatic carbocycles. The van der Waals surface area contributed by atoms with Gasteiger partial charge in [-0.15, -0.1) is 0 Å². The average Bonchev–Trinajstić information content (AvgIpc) is 2.91. The maximum absolute atomic E-state index is 13.3. The summed E-state index contributed by atoms with van der Waals surface area (Å²) < 4.78 is 28.1. The number of aryl methyl sites for hydroxylation is 1. The number of carbonyl (C=O) groups excluding carboxylic acids is 1. The molecule has 0 aliphatic carbocycles. The Balaban J connectivity index is 1.61. The molecule has 0 fully saturated rings. The summed E-state index contributed by atoms with van der Waals surface area (Å²) in [6.45, 7) is 2.21. The van der Waals surface area contributed by atoms with Crippen LogP contribution in [0.1, 0.15) is 18.3 Å². The topological polar surface area (TPSA) is 46.9 Å². The van der Waals surface area contributed by atoms with Crippen LogP contribution in [0.3, 0.4) is 0 Å². The van der Waals surface area contributed by atoms with Gasteiger partial charge in [-0.25, -0.2) is 13.8 Å². The van der Waals surface area contributed by atoms with Gasteiger partial charge in [0.05, 0.1) is 11.0 Å². The number of halogens is 2. The van der Waals surface area contributed by atoms with E-state index in [1.165, 1.54) is 30.3 Å². The summed E-state index contributed by atoms with van der Waals surface area (Å²) in [6.07, 6.45) is 2.01. The summed E-state index contributed by atoms with van der Waals surface area (Å²) >= 11 is 0. The summed E-state index contributed by atoms with van der Waals surface area (Å²) in [6, 6.07) is 10.4. The molecule has 0 bridgehead atoms. The monoisotopic (exact) mass is 355 g/mol. The van der Waals surface area contributed by atoms with Crippen molar-refractivity contribution in [2.45, 2.75) is 13.3 Å². The highest BCUT2D eigenvalue weighted by atomic mass is 19.1. The van der Waals surface area contributed by atoms with Crippen LogP contribution in [0.15, 0.2) is 48.5 Å². The van der Waals surface area contributed by atoms with Crippen LogP contribution in [0, 0.1) is 11.6 Å². The Hall–Kier alpha value is -3.02. The minimum absolute atomic E-state index is 0.225. The van der Waals surface area contributed by atoms with Gasteiger partial charge < -0.3 is 9.88 Å². The number of hydrogen-bond donors (Lipinski definition) is 1. The molecule has 1 heterocycles. The van der Waals surface area contributed by atoms with Gasteiger partial charge in [0.25, 0.3) is 0 Å². The van der Waals surface area contributed by atoms with Gasteiger partial charge in [-0.1, -0.05) is 12.1 Å². The van der Waals surface area contributed by atoms with E-state index in [4.69, 9.17) is 0 Å². The Morgan fingerprint density at radius 2 is 1.85 bits per heavy atom. The van der Waals surface area contributed by atoms with Gasteiger partial charge in [0.2, 0.25) is 5.91 Å². The Morgan fingerprint density at radius 1 is 1.15 bits per heavy atom. The molecule has 26 heavy (non-hydrogen) atoms. The van der Waals surface area contributed by atoms with Crippen LogP contribution in [0.5, 0.6) is 0 Å². The molecule has 1 aromatic heterocycles. The predicted octanol–water partition coefficient (Wildman–Crippen LogP) is 3.61. The maximum atomic E-state index is 13.3. The lowest BCUT2D eigenvalue weighted by Gasteiger charge is -2.05. The van der Waals surface area contributed by atoms with E-state index in [-0.39, 0.29) is 17.5 Å². The second-order valence-corrected chi connectivity index (χ2v) is 6.10. The first-order valence-electron chi connectivity index (χ1n) is 8.27. The van der Waals surface area contributed by atoms with Crippen LogP contribution < -0.4 is 5.32 Å². The van der Waals surface area contributed by atoms with Crippen molar-refractivity contribution in [3.05, 3.63) is 71.6 Å². The average molecular weight is 355 g/mol. The first-order chi connectivity index (χ1) is 12.4. The van der Waals surface area contributed by atoms with Gasteiger partial charge in [-0.3, -0.25) is 4.79 Å². The number of benzene rings is 2. The number of rotatable bonds is 5. The van der Waals surface area contributed by atoms with Crippen molar-refractivity contribution in [2.24, 2.45) is 7.05 Å². The van der Waals surface area contributed by atoms with Gasteiger partial charge in [-0.2, -0.15) is 0 Å². The lowest BCUT2D eigenvalue weighted by atomic mass is 10.1. The summed E-state index contributed by atoms with van der Waals surface area (Å²) in [7, 11) is 1.82. The summed E-state index contributed by atoms with van der Waals surface area (Å²) in [5, 5.41) is 2.81. The largest absolute Gasteiger partial charge is 0.352 e. The first kappa shape index (κ1) is 17.8. The van der Waals surface area contributed by atoms with Crippen LogP contribution in [0.25, 0.3) is 16.6 Å². The molecule has 0 radical (unpaired) electrons. The van der Waals surface area contributed by atoms with Crippen LogP contribution in [0.4, 0.5) is 8.78 Å². The third-order valence-electron chi connectivity index (χ3n) is 4.23. The van der Waals surface area contributed by atoms with Crippen LogP contribution in [-0.4, -0.2) is 22.0 Å². The Labute approximate surface area is 150 Å². The van der Waals surface area contributed by atoms with Crippen LogP contribution in [0.2, 0.25) is 0 Å². The molecular formula is C20H19F2N3O. The number of nitrogens with one attached hydrogen (secondary N) is 1. The lowest BCUT2D eigenvalue weighted by molar-refractivity contribution is -0.116. The molecular weight excluding hydrogens is 336 g/mol. The molecule has 6 heteroatoms. The number of nitrogens with zero attached hydrogens (tertiary/aromatic N) is 2. The SMILES string of the molecule is CC(=CC(=O)NCCc1nc2ccc(F)cc2n1C)c1ccc(F)cc1.